The van der Waals surface area contributed by atoms with Gasteiger partial charge in [0, 0.05) is 24.0 Å². The normalized spacial score (nSPS) is 8.75. The lowest BCUT2D eigenvalue weighted by atomic mass is 10.2. The topological polar surface area (TPSA) is 79.8 Å². The van der Waals surface area contributed by atoms with Gasteiger partial charge in [-0.2, -0.15) is 10.5 Å². The number of nitrogens with one attached hydrogen (secondary N) is 1. The van der Waals surface area contributed by atoms with E-state index in [0.717, 1.165) is 18.3 Å². The van der Waals surface area contributed by atoms with E-state index in [2.05, 4.69) is 5.32 Å². The van der Waals surface area contributed by atoms with Crippen LogP contribution in [-0.2, 0) is 0 Å². The van der Waals surface area contributed by atoms with Crippen LogP contribution in [0, 0.1) is 34.3 Å². The second-order valence-corrected chi connectivity index (χ2v) is 2.71. The third-order valence-corrected chi connectivity index (χ3v) is 1.64. The Balaban J connectivity index is 2.98. The van der Waals surface area contributed by atoms with Gasteiger partial charge in [-0.15, -0.1) is 0 Å². The highest BCUT2D eigenvalue weighted by molar-refractivity contribution is 5.52. The lowest BCUT2D eigenvalue weighted by Gasteiger charge is -2.03. The fourth-order valence-electron chi connectivity index (χ4n) is 0.894. The molecule has 2 N–H and O–H groups in total. The minimum absolute atomic E-state index is 0.0178. The monoisotopic (exact) mass is 221 g/mol. The molecule has 6 heteroatoms. The molecule has 1 rings (SSSR count). The molecule has 0 bridgehead atoms. The molecule has 0 heterocycles. The fraction of sp³-hybridized carbons (Fsp3) is 0. The van der Waals surface area contributed by atoms with Gasteiger partial charge in [0.15, 0.2) is 17.4 Å². The summed E-state index contributed by atoms with van der Waals surface area (Å²) < 4.78 is 25.7. The number of anilines is 1. The molecule has 0 saturated carbocycles. The number of hydrogen-bond donors (Lipinski definition) is 2. The van der Waals surface area contributed by atoms with Crippen molar-refractivity contribution in [3.05, 3.63) is 35.5 Å². The quantitative estimate of drug-likeness (QED) is 0.591. The van der Waals surface area contributed by atoms with E-state index in [9.17, 15) is 8.78 Å². The zero-order valence-electron chi connectivity index (χ0n) is 7.83. The maximum atomic E-state index is 12.8. The highest BCUT2D eigenvalue weighted by Crippen LogP contribution is 2.24. The molecule has 4 nitrogen and oxygen atoms in total. The molecule has 16 heavy (non-hydrogen) atoms. The molecule has 0 amide bonds. The van der Waals surface area contributed by atoms with Crippen LogP contribution in [0.15, 0.2) is 23.9 Å². The Kier molecular flexibility index (Phi) is 3.41. The highest BCUT2D eigenvalue weighted by atomic mass is 19.1. The number of phenols is 1. The Labute approximate surface area is 89.7 Å². The lowest BCUT2D eigenvalue weighted by Crippen LogP contribution is -1.93. The van der Waals surface area contributed by atoms with E-state index in [1.165, 1.54) is 0 Å². The van der Waals surface area contributed by atoms with Crippen LogP contribution in [0.3, 0.4) is 0 Å². The third kappa shape index (κ3) is 2.46. The van der Waals surface area contributed by atoms with Gasteiger partial charge in [-0.3, -0.25) is 0 Å². The summed E-state index contributed by atoms with van der Waals surface area (Å²) >= 11 is 0. The van der Waals surface area contributed by atoms with Crippen molar-refractivity contribution in [2.24, 2.45) is 0 Å². The summed E-state index contributed by atoms with van der Waals surface area (Å²) in [5.74, 6) is -3.34. The van der Waals surface area contributed by atoms with Crippen LogP contribution in [0.2, 0.25) is 0 Å². The Morgan fingerprint density at radius 2 is 1.75 bits per heavy atom. The van der Waals surface area contributed by atoms with Crippen LogP contribution in [0.4, 0.5) is 14.5 Å². The minimum Gasteiger partial charge on any atom is -0.503 e. The average Bonchev–Trinajstić information content (AvgIpc) is 2.27. The van der Waals surface area contributed by atoms with Crippen LogP contribution in [0.1, 0.15) is 0 Å². The number of nitrogens with zero attached hydrogens (tertiary/aromatic N) is 2. The van der Waals surface area contributed by atoms with Crippen LogP contribution in [0.5, 0.6) is 5.75 Å². The maximum Gasteiger partial charge on any atom is 0.187 e. The van der Waals surface area contributed by atoms with Gasteiger partial charge in [-0.1, -0.05) is 0 Å². The van der Waals surface area contributed by atoms with Crippen LogP contribution >= 0.6 is 0 Å². The van der Waals surface area contributed by atoms with E-state index in [1.54, 1.807) is 12.1 Å². The first-order valence-corrected chi connectivity index (χ1v) is 4.03. The molecule has 1 aromatic carbocycles. The van der Waals surface area contributed by atoms with Crippen molar-refractivity contribution >= 4 is 5.69 Å². The van der Waals surface area contributed by atoms with E-state index in [1.807, 2.05) is 0 Å². The lowest BCUT2D eigenvalue weighted by molar-refractivity contribution is 0.396. The van der Waals surface area contributed by atoms with Crippen LogP contribution < -0.4 is 5.32 Å². The number of allylic oxidation sites excluding steroid dienone is 1. The Hall–Kier alpha value is -2.60. The Morgan fingerprint density at radius 1 is 1.25 bits per heavy atom. The van der Waals surface area contributed by atoms with Gasteiger partial charge in [0.2, 0.25) is 0 Å². The zero-order valence-corrected chi connectivity index (χ0v) is 7.83. The molecular formula is C10H5F2N3O. The van der Waals surface area contributed by atoms with E-state index in [4.69, 9.17) is 15.6 Å². The van der Waals surface area contributed by atoms with Crippen molar-refractivity contribution in [1.29, 1.82) is 10.5 Å². The highest BCUT2D eigenvalue weighted by Gasteiger charge is 2.08. The molecule has 0 atom stereocenters. The number of phenolic OH excluding ortho intramolecular Hbond substituents is 1. The van der Waals surface area contributed by atoms with Crippen LogP contribution in [-0.4, -0.2) is 5.11 Å². The number of benzene rings is 1. The van der Waals surface area contributed by atoms with Gasteiger partial charge >= 0.3 is 0 Å². The van der Waals surface area contributed by atoms with Gasteiger partial charge in [-0.05, 0) is 0 Å². The fourth-order valence-corrected chi connectivity index (χ4v) is 0.894. The molecular weight excluding hydrogens is 216 g/mol. The van der Waals surface area contributed by atoms with Gasteiger partial charge in [0.1, 0.15) is 17.7 Å². The average molecular weight is 221 g/mol. The first kappa shape index (κ1) is 11.5. The van der Waals surface area contributed by atoms with E-state index in [0.29, 0.717) is 0 Å². The summed E-state index contributed by atoms with van der Waals surface area (Å²) in [6.45, 7) is 0. The number of nitriles is 2. The van der Waals surface area contributed by atoms with Crippen molar-refractivity contribution in [1.82, 2.24) is 0 Å². The SMILES string of the molecule is N#CC(C#N)=CNc1cc(F)c(O)c(F)c1. The van der Waals surface area contributed by atoms with Crippen LogP contribution in [0.25, 0.3) is 0 Å². The molecule has 0 aromatic heterocycles. The molecule has 0 radical (unpaired) electrons. The summed E-state index contributed by atoms with van der Waals surface area (Å²) in [5.41, 5.74) is -0.260. The van der Waals surface area contributed by atoms with Crippen molar-refractivity contribution < 1.29 is 13.9 Å². The standard InChI is InChI=1S/C10H5F2N3O/c11-8-1-7(2-9(12)10(8)16)15-5-6(3-13)4-14/h1-2,5,15-16H. The summed E-state index contributed by atoms with van der Waals surface area (Å²) in [6.07, 6.45) is 1.01. The molecule has 0 aliphatic carbocycles. The number of rotatable bonds is 2. The Bertz CT molecular complexity index is 487. The second kappa shape index (κ2) is 4.76. The molecule has 0 unspecified atom stereocenters. The molecule has 0 spiro atoms. The van der Waals surface area contributed by atoms with Crippen molar-refractivity contribution in [2.75, 3.05) is 5.32 Å². The number of hydrogen-bond acceptors (Lipinski definition) is 4. The van der Waals surface area contributed by atoms with Gasteiger partial charge < -0.3 is 10.4 Å². The molecule has 0 fully saturated rings. The van der Waals surface area contributed by atoms with Gasteiger partial charge in [0.05, 0.1) is 0 Å². The minimum atomic E-state index is -1.13. The summed E-state index contributed by atoms with van der Waals surface area (Å²) in [4.78, 5) is 0. The molecule has 0 aliphatic rings. The Morgan fingerprint density at radius 3 is 2.19 bits per heavy atom. The number of halogens is 2. The predicted octanol–water partition coefficient (Wildman–Crippen LogP) is 2.01. The van der Waals surface area contributed by atoms with Crippen molar-refractivity contribution in [2.45, 2.75) is 0 Å². The first-order valence-electron chi connectivity index (χ1n) is 4.03. The number of aromatic hydroxyl groups is 1. The molecule has 0 aliphatic heterocycles. The van der Waals surface area contributed by atoms with E-state index < -0.39 is 17.4 Å². The molecule has 80 valence electrons. The predicted molar refractivity (Wildman–Crippen MR) is 51.0 cm³/mol. The summed E-state index contributed by atoms with van der Waals surface area (Å²) in [7, 11) is 0. The first-order chi connectivity index (χ1) is 7.58. The van der Waals surface area contributed by atoms with Gasteiger partial charge in [-0.25, -0.2) is 8.78 Å². The van der Waals surface area contributed by atoms with Gasteiger partial charge in [0.25, 0.3) is 0 Å². The second-order valence-electron chi connectivity index (χ2n) is 2.71. The maximum absolute atomic E-state index is 12.8. The molecule has 1 aromatic rings. The zero-order chi connectivity index (χ0) is 12.1. The largest absolute Gasteiger partial charge is 0.503 e. The van der Waals surface area contributed by atoms with E-state index >= 15 is 0 Å². The summed E-state index contributed by atoms with van der Waals surface area (Å²) in [6, 6.07) is 4.80. The molecule has 0 saturated heterocycles. The van der Waals surface area contributed by atoms with Crippen molar-refractivity contribution in [3.63, 3.8) is 0 Å². The summed E-state index contributed by atoms with van der Waals surface area (Å²) in [5, 5.41) is 27.9. The third-order valence-electron chi connectivity index (χ3n) is 1.64. The van der Waals surface area contributed by atoms with Crippen molar-refractivity contribution in [3.8, 4) is 17.9 Å². The van der Waals surface area contributed by atoms with E-state index in [-0.39, 0.29) is 11.3 Å². The smallest absolute Gasteiger partial charge is 0.187 e.